The summed E-state index contributed by atoms with van der Waals surface area (Å²) in [5.41, 5.74) is 7.70. The van der Waals surface area contributed by atoms with Gasteiger partial charge < -0.3 is 11.1 Å². The highest BCUT2D eigenvalue weighted by atomic mass is 79.9. The Morgan fingerprint density at radius 3 is 2.40 bits per heavy atom. The second-order valence-electron chi connectivity index (χ2n) is 5.17. The number of nitrogens with two attached hydrogens (primary N) is 1. The van der Waals surface area contributed by atoms with Gasteiger partial charge in [0.15, 0.2) is 0 Å². The van der Waals surface area contributed by atoms with E-state index in [1.54, 1.807) is 12.1 Å². The van der Waals surface area contributed by atoms with Crippen LogP contribution in [0.2, 0.25) is 0 Å². The molecule has 20 heavy (non-hydrogen) atoms. The molecule has 0 aromatic heterocycles. The van der Waals surface area contributed by atoms with Crippen LogP contribution in [0.3, 0.4) is 0 Å². The van der Waals surface area contributed by atoms with Gasteiger partial charge in [-0.3, -0.25) is 0 Å². The second kappa shape index (κ2) is 6.37. The van der Waals surface area contributed by atoms with Gasteiger partial charge >= 0.3 is 0 Å². The van der Waals surface area contributed by atoms with Crippen LogP contribution in [-0.4, -0.2) is 12.1 Å². The van der Waals surface area contributed by atoms with Crippen LogP contribution in [0.1, 0.15) is 12.5 Å². The number of halogens is 2. The highest BCUT2D eigenvalue weighted by molar-refractivity contribution is 9.10. The first-order chi connectivity index (χ1) is 9.52. The zero-order chi connectivity index (χ0) is 14.6. The first-order valence-corrected chi connectivity index (χ1v) is 7.29. The third-order valence-corrected chi connectivity index (χ3v) is 3.96. The van der Waals surface area contributed by atoms with Gasteiger partial charge in [-0.15, -0.1) is 0 Å². The van der Waals surface area contributed by atoms with Crippen molar-refractivity contribution >= 4 is 21.6 Å². The van der Waals surface area contributed by atoms with Crippen LogP contribution >= 0.6 is 15.9 Å². The van der Waals surface area contributed by atoms with Gasteiger partial charge in [-0.25, -0.2) is 4.39 Å². The SMILES string of the molecule is CC(CN)(Cc1ccc(F)cc1)Nc1ccccc1Br. The number of anilines is 1. The minimum Gasteiger partial charge on any atom is -0.377 e. The molecule has 0 amide bonds. The number of hydrogen-bond donors (Lipinski definition) is 2. The summed E-state index contributed by atoms with van der Waals surface area (Å²) in [6.45, 7) is 2.54. The minimum absolute atomic E-state index is 0.220. The fourth-order valence-electron chi connectivity index (χ4n) is 2.11. The molecule has 1 unspecified atom stereocenters. The van der Waals surface area contributed by atoms with E-state index in [2.05, 4.69) is 28.2 Å². The lowest BCUT2D eigenvalue weighted by Gasteiger charge is -2.31. The Kier molecular flexibility index (Phi) is 4.78. The number of hydrogen-bond acceptors (Lipinski definition) is 2. The molecule has 0 saturated heterocycles. The Hall–Kier alpha value is -1.39. The first kappa shape index (κ1) is 15.0. The Bertz CT molecular complexity index is 571. The predicted octanol–water partition coefficient (Wildman–Crippen LogP) is 3.96. The largest absolute Gasteiger partial charge is 0.377 e. The Morgan fingerprint density at radius 2 is 1.80 bits per heavy atom. The summed E-state index contributed by atoms with van der Waals surface area (Å²) in [6, 6.07) is 14.5. The molecule has 0 saturated carbocycles. The third-order valence-electron chi connectivity index (χ3n) is 3.27. The molecule has 106 valence electrons. The fourth-order valence-corrected chi connectivity index (χ4v) is 2.49. The van der Waals surface area contributed by atoms with Crippen LogP contribution in [0.25, 0.3) is 0 Å². The maximum atomic E-state index is 13.0. The van der Waals surface area contributed by atoms with Crippen molar-refractivity contribution in [1.29, 1.82) is 0 Å². The van der Waals surface area contributed by atoms with E-state index in [4.69, 9.17) is 5.73 Å². The van der Waals surface area contributed by atoms with E-state index in [9.17, 15) is 4.39 Å². The van der Waals surface area contributed by atoms with Crippen molar-refractivity contribution < 1.29 is 4.39 Å². The van der Waals surface area contributed by atoms with E-state index in [1.165, 1.54) is 12.1 Å². The van der Waals surface area contributed by atoms with E-state index >= 15 is 0 Å². The number of para-hydroxylation sites is 1. The normalized spacial score (nSPS) is 13.8. The molecule has 0 spiro atoms. The Balaban J connectivity index is 2.17. The van der Waals surface area contributed by atoms with Crippen molar-refractivity contribution in [3.63, 3.8) is 0 Å². The topological polar surface area (TPSA) is 38.0 Å². The van der Waals surface area contributed by atoms with Gasteiger partial charge in [0, 0.05) is 16.7 Å². The summed E-state index contributed by atoms with van der Waals surface area (Å²) in [5.74, 6) is -0.220. The van der Waals surface area contributed by atoms with Crippen molar-refractivity contribution in [2.24, 2.45) is 5.73 Å². The van der Waals surface area contributed by atoms with Crippen molar-refractivity contribution in [3.8, 4) is 0 Å². The van der Waals surface area contributed by atoms with Crippen LogP contribution in [0, 0.1) is 5.82 Å². The monoisotopic (exact) mass is 336 g/mol. The lowest BCUT2D eigenvalue weighted by molar-refractivity contribution is 0.520. The molecule has 0 aliphatic carbocycles. The molecule has 2 nitrogen and oxygen atoms in total. The summed E-state index contributed by atoms with van der Waals surface area (Å²) in [6.07, 6.45) is 0.727. The van der Waals surface area contributed by atoms with E-state index < -0.39 is 0 Å². The quantitative estimate of drug-likeness (QED) is 0.867. The molecular weight excluding hydrogens is 319 g/mol. The number of rotatable bonds is 5. The molecule has 2 rings (SSSR count). The van der Waals surface area contributed by atoms with Crippen LogP contribution < -0.4 is 11.1 Å². The van der Waals surface area contributed by atoms with Gasteiger partial charge in [0.05, 0.1) is 5.54 Å². The zero-order valence-electron chi connectivity index (χ0n) is 11.4. The molecule has 0 bridgehead atoms. The smallest absolute Gasteiger partial charge is 0.123 e. The van der Waals surface area contributed by atoms with Gasteiger partial charge in [0.1, 0.15) is 5.82 Å². The van der Waals surface area contributed by atoms with Crippen LogP contribution in [-0.2, 0) is 6.42 Å². The van der Waals surface area contributed by atoms with E-state index in [0.29, 0.717) is 6.54 Å². The maximum absolute atomic E-state index is 13.0. The summed E-state index contributed by atoms with van der Waals surface area (Å²) in [5, 5.41) is 3.47. The molecule has 0 fully saturated rings. The molecule has 0 radical (unpaired) electrons. The lowest BCUT2D eigenvalue weighted by Crippen LogP contribution is -2.44. The Morgan fingerprint density at radius 1 is 1.15 bits per heavy atom. The molecule has 0 heterocycles. The molecule has 0 aliphatic heterocycles. The summed E-state index contributed by atoms with van der Waals surface area (Å²) in [4.78, 5) is 0. The average Bonchev–Trinajstić information content (AvgIpc) is 2.44. The molecule has 1 atom stereocenters. The van der Waals surface area contributed by atoms with Crippen molar-refractivity contribution in [3.05, 3.63) is 64.4 Å². The van der Waals surface area contributed by atoms with Gasteiger partial charge in [-0.1, -0.05) is 24.3 Å². The van der Waals surface area contributed by atoms with Gasteiger partial charge in [-0.2, -0.15) is 0 Å². The Labute approximate surface area is 127 Å². The molecule has 0 aliphatic rings. The van der Waals surface area contributed by atoms with Crippen LogP contribution in [0.5, 0.6) is 0 Å². The molecule has 2 aromatic rings. The van der Waals surface area contributed by atoms with Crippen molar-refractivity contribution in [2.75, 3.05) is 11.9 Å². The molecular formula is C16H18BrFN2. The molecule has 3 N–H and O–H groups in total. The molecule has 2 aromatic carbocycles. The minimum atomic E-state index is -0.290. The average molecular weight is 337 g/mol. The highest BCUT2D eigenvalue weighted by Crippen LogP contribution is 2.26. The maximum Gasteiger partial charge on any atom is 0.123 e. The van der Waals surface area contributed by atoms with Crippen molar-refractivity contribution in [2.45, 2.75) is 18.9 Å². The lowest BCUT2D eigenvalue weighted by atomic mass is 9.92. The third kappa shape index (κ3) is 3.81. The van der Waals surface area contributed by atoms with Crippen LogP contribution in [0.4, 0.5) is 10.1 Å². The summed E-state index contributed by atoms with van der Waals surface area (Å²) in [7, 11) is 0. The second-order valence-corrected chi connectivity index (χ2v) is 6.03. The highest BCUT2D eigenvalue weighted by Gasteiger charge is 2.23. The standard InChI is InChI=1S/C16H18BrFN2/c1-16(11-19,10-12-6-8-13(18)9-7-12)20-15-5-3-2-4-14(15)17/h2-9,20H,10-11,19H2,1H3. The van der Waals surface area contributed by atoms with Gasteiger partial charge in [0.25, 0.3) is 0 Å². The van der Waals surface area contributed by atoms with Crippen LogP contribution in [0.15, 0.2) is 53.0 Å². The summed E-state index contributed by atoms with van der Waals surface area (Å²) >= 11 is 3.52. The fraction of sp³-hybridized carbons (Fsp3) is 0.250. The number of benzene rings is 2. The predicted molar refractivity (Wildman–Crippen MR) is 85.3 cm³/mol. The van der Waals surface area contributed by atoms with Gasteiger partial charge in [-0.05, 0) is 59.1 Å². The summed E-state index contributed by atoms with van der Waals surface area (Å²) < 4.78 is 14.0. The van der Waals surface area contributed by atoms with E-state index in [-0.39, 0.29) is 11.4 Å². The van der Waals surface area contributed by atoms with E-state index in [0.717, 1.165) is 22.1 Å². The number of nitrogens with one attached hydrogen (secondary N) is 1. The first-order valence-electron chi connectivity index (χ1n) is 6.50. The zero-order valence-corrected chi connectivity index (χ0v) is 13.0. The van der Waals surface area contributed by atoms with Crippen molar-refractivity contribution in [1.82, 2.24) is 0 Å². The van der Waals surface area contributed by atoms with E-state index in [1.807, 2.05) is 24.3 Å². The molecule has 4 heteroatoms. The van der Waals surface area contributed by atoms with Gasteiger partial charge in [0.2, 0.25) is 0 Å².